The van der Waals surface area contributed by atoms with Crippen LogP contribution < -0.4 is 0 Å². The summed E-state index contributed by atoms with van der Waals surface area (Å²) >= 11 is 1.76. The predicted molar refractivity (Wildman–Crippen MR) is 163 cm³/mol. The van der Waals surface area contributed by atoms with E-state index in [9.17, 15) is 0 Å². The number of rotatable bonds is 8. The number of hydrogen-bond acceptors (Lipinski definition) is 1. The van der Waals surface area contributed by atoms with Gasteiger partial charge in [-0.1, -0.05) is 97.7 Å². The molecule has 0 unspecified atom stereocenters. The molecule has 0 saturated heterocycles. The van der Waals surface area contributed by atoms with E-state index >= 15 is 0 Å². The predicted octanol–water partition coefficient (Wildman–Crippen LogP) is 11.5. The van der Waals surface area contributed by atoms with Crippen molar-refractivity contribution in [3.63, 3.8) is 0 Å². The molecular weight excluding hydrogens is 428 g/mol. The monoisotopic (exact) mass is 476 g/mol. The molecule has 0 heterocycles. The summed E-state index contributed by atoms with van der Waals surface area (Å²) in [5.74, 6) is 0. The fraction of sp³-hybridized carbons (Fsp3) is 0.333. The smallest absolute Gasteiger partial charge is 0.0121 e. The van der Waals surface area contributed by atoms with Crippen molar-refractivity contribution in [2.75, 3.05) is 0 Å². The minimum atomic E-state index is 1.02. The van der Waals surface area contributed by atoms with Gasteiger partial charge in [-0.15, -0.1) is 0 Å². The Morgan fingerprint density at radius 1 is 0.912 bits per heavy atom. The number of hydrogen-bond donors (Lipinski definition) is 0. The van der Waals surface area contributed by atoms with Crippen molar-refractivity contribution in [2.24, 2.45) is 0 Å². The summed E-state index contributed by atoms with van der Waals surface area (Å²) in [6.07, 6.45) is 11.2. The Morgan fingerprint density at radius 2 is 1.41 bits per heavy atom. The van der Waals surface area contributed by atoms with Crippen LogP contribution in [0.4, 0.5) is 0 Å². The molecule has 0 saturated carbocycles. The molecule has 1 heteroatoms. The summed E-state index contributed by atoms with van der Waals surface area (Å²) in [7, 11) is 0. The van der Waals surface area contributed by atoms with Gasteiger partial charge in [0.2, 0.25) is 0 Å². The van der Waals surface area contributed by atoms with Crippen LogP contribution in [0.2, 0.25) is 0 Å². The van der Waals surface area contributed by atoms with Gasteiger partial charge < -0.3 is 0 Å². The zero-order valence-corrected chi connectivity index (χ0v) is 24.4. The molecule has 34 heavy (non-hydrogen) atoms. The average Bonchev–Trinajstić information content (AvgIpc) is 2.79. The lowest BCUT2D eigenvalue weighted by molar-refractivity contribution is 1.07. The Morgan fingerprint density at radius 3 is 1.76 bits per heavy atom. The summed E-state index contributed by atoms with van der Waals surface area (Å²) in [5, 5.41) is 2.11. The van der Waals surface area contributed by atoms with Crippen LogP contribution in [0.15, 0.2) is 107 Å². The Kier molecular flexibility index (Phi) is 18.7. The van der Waals surface area contributed by atoms with E-state index in [4.69, 9.17) is 0 Å². The third kappa shape index (κ3) is 14.6. The molecule has 0 fully saturated rings. The lowest BCUT2D eigenvalue weighted by Gasteiger charge is -2.11. The highest BCUT2D eigenvalue weighted by Gasteiger charge is 2.05. The van der Waals surface area contributed by atoms with E-state index in [1.807, 2.05) is 20.8 Å². The zero-order valence-electron chi connectivity index (χ0n) is 23.6. The first-order valence-electron chi connectivity index (χ1n) is 11.9. The quantitative estimate of drug-likeness (QED) is 0.265. The fourth-order valence-corrected chi connectivity index (χ4v) is 3.56. The van der Waals surface area contributed by atoms with Crippen molar-refractivity contribution >= 4 is 17.3 Å². The third-order valence-electron chi connectivity index (χ3n) is 5.30. The summed E-state index contributed by atoms with van der Waals surface area (Å²) in [6, 6.07) is 4.45. The molecule has 0 aromatic heterocycles. The van der Waals surface area contributed by atoms with Crippen molar-refractivity contribution in [3.8, 4) is 0 Å². The van der Waals surface area contributed by atoms with Crippen LogP contribution >= 0.6 is 11.8 Å². The molecule has 0 aliphatic heterocycles. The van der Waals surface area contributed by atoms with Crippen molar-refractivity contribution in [1.82, 2.24) is 0 Å². The molecule has 0 amide bonds. The molecule has 1 rings (SSSR count). The van der Waals surface area contributed by atoms with Crippen molar-refractivity contribution < 1.29 is 0 Å². The fourth-order valence-electron chi connectivity index (χ4n) is 2.78. The van der Waals surface area contributed by atoms with Gasteiger partial charge in [-0.25, -0.2) is 0 Å². The molecule has 1 aromatic rings. The lowest BCUT2D eigenvalue weighted by Crippen LogP contribution is -1.90. The van der Waals surface area contributed by atoms with Crippen LogP contribution in [-0.2, 0) is 0 Å². The Balaban J connectivity index is 0. The maximum Gasteiger partial charge on any atom is 0.0121 e. The minimum Gasteiger partial charge on any atom is -0.0988 e. The van der Waals surface area contributed by atoms with E-state index < -0.39 is 0 Å². The largest absolute Gasteiger partial charge is 0.0988 e. The van der Waals surface area contributed by atoms with Crippen molar-refractivity contribution in [2.45, 2.75) is 80.6 Å². The summed E-state index contributed by atoms with van der Waals surface area (Å²) < 4.78 is 0. The Bertz CT molecular complexity index is 935. The number of aryl methyl sites for hydroxylation is 2. The second kappa shape index (κ2) is 18.9. The molecule has 1 aromatic carbocycles. The van der Waals surface area contributed by atoms with Crippen LogP contribution in [0.3, 0.4) is 0 Å². The molecule has 0 bridgehead atoms. The highest BCUT2D eigenvalue weighted by Crippen LogP contribution is 2.28. The van der Waals surface area contributed by atoms with Gasteiger partial charge in [-0.05, 0) is 114 Å². The average molecular weight is 477 g/mol. The first-order chi connectivity index (χ1) is 15.9. The van der Waals surface area contributed by atoms with Gasteiger partial charge in [-0.3, -0.25) is 0 Å². The molecule has 0 aliphatic carbocycles. The van der Waals surface area contributed by atoms with Gasteiger partial charge in [0.05, 0.1) is 0 Å². The van der Waals surface area contributed by atoms with Crippen LogP contribution in [0.25, 0.3) is 5.57 Å². The molecule has 0 N–H and O–H groups in total. The second-order valence-electron chi connectivity index (χ2n) is 8.50. The standard InChI is InChI=1S/C14H18S.C14H22.C5H8/c1-6-7-15-13-8-11(4)14(10(2)3)12(5)9-13;1-7-11(3)13(5)9-10-14(6)12(4)8-2;1-4-5(2)3/h6-9H,2H2,1,3-5H3;7,9-10H,5,8H2,1-4,6H3;4H,1-2H2,3H3/b7-6-;10-9-,11-7+,14-12-;. The number of allylic oxidation sites excluding steroid dienone is 11. The van der Waals surface area contributed by atoms with E-state index in [1.165, 1.54) is 38.3 Å². The van der Waals surface area contributed by atoms with Crippen LogP contribution in [0, 0.1) is 13.8 Å². The number of benzene rings is 1. The molecule has 0 atom stereocenters. The SMILES string of the molecule is C=C(/C=C\C(C)=C(\C)CC)/C(C)=C/C.C=C(C)c1c(C)cc(S/C=C\C)cc1C.C=CC(=C)C. The Hall–Kier alpha value is -2.51. The topological polar surface area (TPSA) is 0 Å². The summed E-state index contributed by atoms with van der Waals surface area (Å²) in [5.41, 5.74) is 11.2. The van der Waals surface area contributed by atoms with Crippen LogP contribution in [-0.4, -0.2) is 0 Å². The van der Waals surface area contributed by atoms with E-state index in [0.29, 0.717) is 0 Å². The lowest BCUT2D eigenvalue weighted by atomic mass is 9.98. The highest BCUT2D eigenvalue weighted by molar-refractivity contribution is 8.02. The third-order valence-corrected chi connectivity index (χ3v) is 6.22. The zero-order chi connectivity index (χ0) is 26.8. The van der Waals surface area contributed by atoms with Crippen LogP contribution in [0.1, 0.15) is 78.5 Å². The van der Waals surface area contributed by atoms with Gasteiger partial charge in [0, 0.05) is 4.90 Å². The molecule has 0 radical (unpaired) electrons. The maximum atomic E-state index is 4.02. The minimum absolute atomic E-state index is 1.02. The molecular formula is C33H48S. The molecule has 186 valence electrons. The van der Waals surface area contributed by atoms with E-state index in [2.05, 4.69) is 117 Å². The Labute approximate surface area is 216 Å². The van der Waals surface area contributed by atoms with Gasteiger partial charge in [0.15, 0.2) is 0 Å². The van der Waals surface area contributed by atoms with Crippen molar-refractivity contribution in [3.05, 3.63) is 119 Å². The molecule has 0 aliphatic rings. The first kappa shape index (κ1) is 33.7. The van der Waals surface area contributed by atoms with Gasteiger partial charge in [0.1, 0.15) is 0 Å². The van der Waals surface area contributed by atoms with Gasteiger partial charge in [0.25, 0.3) is 0 Å². The van der Waals surface area contributed by atoms with Gasteiger partial charge >= 0.3 is 0 Å². The van der Waals surface area contributed by atoms with Gasteiger partial charge in [-0.2, -0.15) is 0 Å². The van der Waals surface area contributed by atoms with Crippen molar-refractivity contribution in [1.29, 1.82) is 0 Å². The first-order valence-corrected chi connectivity index (χ1v) is 12.7. The molecule has 0 nitrogen and oxygen atoms in total. The second-order valence-corrected chi connectivity index (χ2v) is 9.48. The van der Waals surface area contributed by atoms with E-state index in [0.717, 1.165) is 23.1 Å². The number of thioether (sulfide) groups is 1. The van der Waals surface area contributed by atoms with E-state index in [-0.39, 0.29) is 0 Å². The highest BCUT2D eigenvalue weighted by atomic mass is 32.2. The summed E-state index contributed by atoms with van der Waals surface area (Å²) in [4.78, 5) is 1.30. The molecule has 0 spiro atoms. The normalized spacial score (nSPS) is 11.8. The van der Waals surface area contributed by atoms with Crippen LogP contribution in [0.5, 0.6) is 0 Å². The summed E-state index contributed by atoms with van der Waals surface area (Å²) in [6.45, 7) is 36.0. The van der Waals surface area contributed by atoms with E-state index in [1.54, 1.807) is 17.8 Å². The maximum absolute atomic E-state index is 4.02.